The molecule has 1 saturated heterocycles. The molecular weight excluding hydrogens is 254 g/mol. The van der Waals surface area contributed by atoms with Gasteiger partial charge in [-0.2, -0.15) is 0 Å². The smallest absolute Gasteiger partial charge is 0.410 e. The summed E-state index contributed by atoms with van der Waals surface area (Å²) in [7, 11) is 3.98. The van der Waals surface area contributed by atoms with E-state index >= 15 is 0 Å². The van der Waals surface area contributed by atoms with Crippen LogP contribution < -0.4 is 5.73 Å². The summed E-state index contributed by atoms with van der Waals surface area (Å²) in [5.74, 6) is 0. The number of likely N-dealkylation sites (N-methyl/N-ethyl adjacent to an activating group) is 1. The van der Waals surface area contributed by atoms with Gasteiger partial charge in [0, 0.05) is 25.2 Å². The van der Waals surface area contributed by atoms with E-state index in [0.717, 1.165) is 12.0 Å². The average molecular weight is 277 g/mol. The minimum Gasteiger partial charge on any atom is -0.445 e. The Morgan fingerprint density at radius 2 is 2.10 bits per heavy atom. The van der Waals surface area contributed by atoms with E-state index in [2.05, 4.69) is 4.90 Å². The first kappa shape index (κ1) is 14.8. The van der Waals surface area contributed by atoms with Crippen molar-refractivity contribution in [2.24, 2.45) is 5.73 Å². The van der Waals surface area contributed by atoms with E-state index in [4.69, 9.17) is 10.5 Å². The lowest BCUT2D eigenvalue weighted by atomic mass is 10.00. The molecule has 1 unspecified atom stereocenters. The standard InChI is InChI=1S/C15H23N3O2/c1-17(2)14-10-18(9-8-13(14)16)15(19)20-11-12-6-4-3-5-7-12/h3-7,13-14H,8-11,16H2,1-2H3/t13-,14?/m0/s1. The molecule has 0 aromatic heterocycles. The summed E-state index contributed by atoms with van der Waals surface area (Å²) in [6.07, 6.45) is 0.552. The third-order valence-electron chi connectivity index (χ3n) is 3.76. The Hall–Kier alpha value is -1.59. The second-order valence-corrected chi connectivity index (χ2v) is 5.47. The molecule has 1 aromatic carbocycles. The van der Waals surface area contributed by atoms with Gasteiger partial charge in [-0.15, -0.1) is 0 Å². The van der Waals surface area contributed by atoms with Gasteiger partial charge in [-0.05, 0) is 26.1 Å². The van der Waals surface area contributed by atoms with Gasteiger partial charge in [-0.1, -0.05) is 30.3 Å². The van der Waals surface area contributed by atoms with Gasteiger partial charge in [-0.25, -0.2) is 4.79 Å². The van der Waals surface area contributed by atoms with Crippen LogP contribution in [0.3, 0.4) is 0 Å². The lowest BCUT2D eigenvalue weighted by Crippen LogP contribution is -2.57. The van der Waals surface area contributed by atoms with Gasteiger partial charge in [0.2, 0.25) is 0 Å². The second-order valence-electron chi connectivity index (χ2n) is 5.47. The fraction of sp³-hybridized carbons (Fsp3) is 0.533. The van der Waals surface area contributed by atoms with Crippen molar-refractivity contribution in [2.75, 3.05) is 27.2 Å². The summed E-state index contributed by atoms with van der Waals surface area (Å²) < 4.78 is 5.36. The monoisotopic (exact) mass is 277 g/mol. The van der Waals surface area contributed by atoms with Crippen LogP contribution in [0.1, 0.15) is 12.0 Å². The van der Waals surface area contributed by atoms with Crippen molar-refractivity contribution in [3.8, 4) is 0 Å². The molecule has 0 bridgehead atoms. The maximum atomic E-state index is 12.1. The highest BCUT2D eigenvalue weighted by Crippen LogP contribution is 2.14. The van der Waals surface area contributed by atoms with Crippen LogP contribution in [0.4, 0.5) is 4.79 Å². The van der Waals surface area contributed by atoms with E-state index in [1.807, 2.05) is 44.4 Å². The number of nitrogens with two attached hydrogens (primary N) is 1. The maximum absolute atomic E-state index is 12.1. The van der Waals surface area contributed by atoms with E-state index in [-0.39, 0.29) is 18.2 Å². The summed E-state index contributed by atoms with van der Waals surface area (Å²) >= 11 is 0. The number of hydrogen-bond donors (Lipinski definition) is 1. The number of rotatable bonds is 3. The fourth-order valence-electron chi connectivity index (χ4n) is 2.47. The van der Waals surface area contributed by atoms with Gasteiger partial charge < -0.3 is 20.3 Å². The van der Waals surface area contributed by atoms with Crippen LogP contribution in [-0.4, -0.2) is 55.2 Å². The molecular formula is C15H23N3O2. The summed E-state index contributed by atoms with van der Waals surface area (Å²) in [6.45, 7) is 1.61. The average Bonchev–Trinajstić information content (AvgIpc) is 2.46. The van der Waals surface area contributed by atoms with E-state index in [9.17, 15) is 4.79 Å². The Balaban J connectivity index is 1.86. The number of nitrogens with zero attached hydrogens (tertiary/aromatic N) is 2. The maximum Gasteiger partial charge on any atom is 0.410 e. The summed E-state index contributed by atoms with van der Waals surface area (Å²) in [5.41, 5.74) is 7.09. The molecule has 2 N–H and O–H groups in total. The number of carbonyl (C=O) groups is 1. The highest BCUT2D eigenvalue weighted by Gasteiger charge is 2.31. The molecule has 5 nitrogen and oxygen atoms in total. The molecule has 2 atom stereocenters. The molecule has 1 aromatic rings. The van der Waals surface area contributed by atoms with Gasteiger partial charge in [0.15, 0.2) is 0 Å². The van der Waals surface area contributed by atoms with Crippen LogP contribution in [-0.2, 0) is 11.3 Å². The molecule has 1 amide bonds. The third kappa shape index (κ3) is 3.71. The number of piperidine rings is 1. The molecule has 0 aliphatic carbocycles. The van der Waals surface area contributed by atoms with Crippen molar-refractivity contribution in [1.29, 1.82) is 0 Å². The minimum atomic E-state index is -0.257. The zero-order valence-electron chi connectivity index (χ0n) is 12.2. The first-order valence-electron chi connectivity index (χ1n) is 6.95. The highest BCUT2D eigenvalue weighted by molar-refractivity contribution is 5.67. The van der Waals surface area contributed by atoms with Crippen molar-refractivity contribution in [3.63, 3.8) is 0 Å². The number of hydrogen-bond acceptors (Lipinski definition) is 4. The summed E-state index contributed by atoms with van der Waals surface area (Å²) in [6, 6.07) is 10.0. The van der Waals surface area contributed by atoms with E-state index in [1.165, 1.54) is 0 Å². The van der Waals surface area contributed by atoms with E-state index in [1.54, 1.807) is 4.90 Å². The molecule has 0 radical (unpaired) electrons. The van der Waals surface area contributed by atoms with E-state index < -0.39 is 0 Å². The van der Waals surface area contributed by atoms with Gasteiger partial charge >= 0.3 is 6.09 Å². The molecule has 0 spiro atoms. The molecule has 1 fully saturated rings. The van der Waals surface area contributed by atoms with E-state index in [0.29, 0.717) is 19.7 Å². The van der Waals surface area contributed by atoms with Crippen molar-refractivity contribution in [2.45, 2.75) is 25.1 Å². The topological polar surface area (TPSA) is 58.8 Å². The highest BCUT2D eigenvalue weighted by atomic mass is 16.6. The first-order chi connectivity index (χ1) is 9.58. The van der Waals surface area contributed by atoms with Crippen LogP contribution in [0.2, 0.25) is 0 Å². The molecule has 1 heterocycles. The van der Waals surface area contributed by atoms with Crippen molar-refractivity contribution < 1.29 is 9.53 Å². The lowest BCUT2D eigenvalue weighted by Gasteiger charge is -2.39. The van der Waals surface area contributed by atoms with Gasteiger partial charge in [0.05, 0.1) is 0 Å². The normalized spacial score (nSPS) is 22.9. The Morgan fingerprint density at radius 1 is 1.40 bits per heavy atom. The predicted molar refractivity (Wildman–Crippen MR) is 78.3 cm³/mol. The number of ether oxygens (including phenoxy) is 1. The Bertz CT molecular complexity index is 436. The minimum absolute atomic E-state index is 0.114. The summed E-state index contributed by atoms with van der Waals surface area (Å²) in [4.78, 5) is 15.9. The van der Waals surface area contributed by atoms with Crippen LogP contribution in [0.25, 0.3) is 0 Å². The van der Waals surface area contributed by atoms with Crippen molar-refractivity contribution in [1.82, 2.24) is 9.80 Å². The predicted octanol–water partition coefficient (Wildman–Crippen LogP) is 1.29. The number of benzene rings is 1. The summed E-state index contributed by atoms with van der Waals surface area (Å²) in [5, 5.41) is 0. The van der Waals surface area contributed by atoms with Crippen molar-refractivity contribution in [3.05, 3.63) is 35.9 Å². The SMILES string of the molecule is CN(C)C1CN(C(=O)OCc2ccccc2)CC[C@@H]1N. The number of carbonyl (C=O) groups excluding carboxylic acids is 1. The molecule has 1 aliphatic heterocycles. The Morgan fingerprint density at radius 3 is 2.75 bits per heavy atom. The lowest BCUT2D eigenvalue weighted by molar-refractivity contribution is 0.0656. The zero-order valence-corrected chi connectivity index (χ0v) is 12.2. The molecule has 20 heavy (non-hydrogen) atoms. The third-order valence-corrected chi connectivity index (χ3v) is 3.76. The molecule has 1 aliphatic rings. The fourth-order valence-corrected chi connectivity index (χ4v) is 2.47. The van der Waals surface area contributed by atoms with Gasteiger partial charge in [-0.3, -0.25) is 0 Å². The zero-order chi connectivity index (χ0) is 14.5. The first-order valence-corrected chi connectivity index (χ1v) is 6.95. The molecule has 0 saturated carbocycles. The molecule has 110 valence electrons. The van der Waals surface area contributed by atoms with Crippen LogP contribution >= 0.6 is 0 Å². The Kier molecular flexibility index (Phi) is 4.98. The Labute approximate surface area is 120 Å². The van der Waals surface area contributed by atoms with Gasteiger partial charge in [0.1, 0.15) is 6.61 Å². The molecule has 2 rings (SSSR count). The van der Waals surface area contributed by atoms with Crippen LogP contribution in [0.5, 0.6) is 0 Å². The molecule has 5 heteroatoms. The second kappa shape index (κ2) is 6.72. The quantitative estimate of drug-likeness (QED) is 0.904. The van der Waals surface area contributed by atoms with Gasteiger partial charge in [0.25, 0.3) is 0 Å². The number of amides is 1. The van der Waals surface area contributed by atoms with Crippen molar-refractivity contribution >= 4 is 6.09 Å². The largest absolute Gasteiger partial charge is 0.445 e. The van der Waals surface area contributed by atoms with Crippen LogP contribution in [0.15, 0.2) is 30.3 Å². The van der Waals surface area contributed by atoms with Crippen LogP contribution in [0, 0.1) is 0 Å². The number of likely N-dealkylation sites (tertiary alicyclic amines) is 1.